The lowest BCUT2D eigenvalue weighted by Gasteiger charge is -2.36. The van der Waals surface area contributed by atoms with Crippen molar-refractivity contribution in [3.63, 3.8) is 0 Å². The van der Waals surface area contributed by atoms with E-state index < -0.39 is 10.2 Å². The van der Waals surface area contributed by atoms with Gasteiger partial charge in [0.25, 0.3) is 10.2 Å². The summed E-state index contributed by atoms with van der Waals surface area (Å²) in [7, 11) is -3.33. The zero-order chi connectivity index (χ0) is 17.6. The van der Waals surface area contributed by atoms with Gasteiger partial charge in [0.1, 0.15) is 0 Å². The maximum Gasteiger partial charge on any atom is 0.282 e. The zero-order valence-electron chi connectivity index (χ0n) is 14.3. The fourth-order valence-corrected chi connectivity index (χ4v) is 4.75. The molecule has 8 heteroatoms. The van der Waals surface area contributed by atoms with Gasteiger partial charge in [-0.25, -0.2) is 0 Å². The normalized spacial score (nSPS) is 20.8. The van der Waals surface area contributed by atoms with E-state index in [0.29, 0.717) is 58.9 Å². The molecule has 1 amide bonds. The van der Waals surface area contributed by atoms with Crippen LogP contribution in [0.25, 0.3) is 0 Å². The molecule has 0 N–H and O–H groups in total. The Morgan fingerprint density at radius 2 is 1.42 bits per heavy atom. The van der Waals surface area contributed by atoms with Gasteiger partial charge in [-0.1, -0.05) is 12.2 Å². The molecule has 0 aromatic carbocycles. The molecule has 7 nitrogen and oxygen atoms in total. The Morgan fingerprint density at radius 3 is 1.92 bits per heavy atom. The van der Waals surface area contributed by atoms with E-state index in [-0.39, 0.29) is 5.91 Å². The summed E-state index contributed by atoms with van der Waals surface area (Å²) in [4.78, 5) is 16.0. The molecular weight excluding hydrogens is 328 g/mol. The number of piperazine rings is 1. The fraction of sp³-hybridized carbons (Fsp3) is 0.688. The highest BCUT2D eigenvalue weighted by Crippen LogP contribution is 2.18. The van der Waals surface area contributed by atoms with Crippen molar-refractivity contribution >= 4 is 16.1 Å². The monoisotopic (exact) mass is 356 g/mol. The van der Waals surface area contributed by atoms with Gasteiger partial charge in [0, 0.05) is 52.4 Å². The molecule has 2 heterocycles. The zero-order valence-corrected chi connectivity index (χ0v) is 15.1. The number of amides is 1. The highest BCUT2D eigenvalue weighted by atomic mass is 32.2. The van der Waals surface area contributed by atoms with Crippen molar-refractivity contribution in [2.24, 2.45) is 0 Å². The van der Waals surface area contributed by atoms with Crippen molar-refractivity contribution < 1.29 is 13.2 Å². The van der Waals surface area contributed by atoms with Gasteiger partial charge >= 0.3 is 0 Å². The Kier molecular flexibility index (Phi) is 6.97. The van der Waals surface area contributed by atoms with Gasteiger partial charge in [-0.3, -0.25) is 9.69 Å². The molecule has 2 rings (SSSR count). The minimum atomic E-state index is -3.33. The smallest absolute Gasteiger partial charge is 0.282 e. The molecule has 0 aromatic rings. The van der Waals surface area contributed by atoms with Gasteiger partial charge in [-0.2, -0.15) is 17.0 Å². The summed E-state index contributed by atoms with van der Waals surface area (Å²) in [6.45, 7) is 11.9. The first-order valence-electron chi connectivity index (χ1n) is 8.46. The van der Waals surface area contributed by atoms with E-state index in [1.807, 2.05) is 4.90 Å². The predicted molar refractivity (Wildman–Crippen MR) is 94.7 cm³/mol. The first-order valence-corrected chi connectivity index (χ1v) is 9.86. The fourth-order valence-electron chi connectivity index (χ4n) is 3.08. The molecule has 0 radical (unpaired) electrons. The third-order valence-electron chi connectivity index (χ3n) is 4.46. The minimum Gasteiger partial charge on any atom is -0.334 e. The highest BCUT2D eigenvalue weighted by molar-refractivity contribution is 7.86. The van der Waals surface area contributed by atoms with Crippen LogP contribution < -0.4 is 0 Å². The molecule has 2 aliphatic rings. The van der Waals surface area contributed by atoms with Crippen LogP contribution in [-0.2, 0) is 15.0 Å². The third kappa shape index (κ3) is 4.66. The summed E-state index contributed by atoms with van der Waals surface area (Å²) in [6, 6.07) is 0. The van der Waals surface area contributed by atoms with E-state index in [1.54, 1.807) is 25.7 Å². The number of carbonyl (C=O) groups is 1. The van der Waals surface area contributed by atoms with Crippen molar-refractivity contribution in [2.75, 3.05) is 58.9 Å². The van der Waals surface area contributed by atoms with Crippen LogP contribution in [0.2, 0.25) is 0 Å². The Morgan fingerprint density at radius 1 is 0.917 bits per heavy atom. The molecule has 0 spiro atoms. The molecule has 2 fully saturated rings. The second-order valence-electron chi connectivity index (χ2n) is 6.17. The quantitative estimate of drug-likeness (QED) is 0.581. The molecule has 0 unspecified atom stereocenters. The maximum absolute atomic E-state index is 12.5. The van der Waals surface area contributed by atoms with E-state index in [4.69, 9.17) is 0 Å². The van der Waals surface area contributed by atoms with Crippen molar-refractivity contribution in [2.45, 2.75) is 12.8 Å². The van der Waals surface area contributed by atoms with Crippen molar-refractivity contribution in [1.29, 1.82) is 0 Å². The lowest BCUT2D eigenvalue weighted by atomic mass is 10.3. The minimum absolute atomic E-state index is 0.0191. The molecule has 0 aliphatic carbocycles. The number of hydrogen-bond acceptors (Lipinski definition) is 4. The van der Waals surface area contributed by atoms with E-state index >= 15 is 0 Å². The summed E-state index contributed by atoms with van der Waals surface area (Å²) in [5.41, 5.74) is 0. The average Bonchev–Trinajstić information content (AvgIpc) is 3.10. The first-order chi connectivity index (χ1) is 11.5. The Balaban J connectivity index is 1.84. The molecular formula is C16H28N4O3S. The van der Waals surface area contributed by atoms with Crippen LogP contribution in [0.15, 0.2) is 25.3 Å². The van der Waals surface area contributed by atoms with Crippen LogP contribution in [0, 0.1) is 0 Å². The van der Waals surface area contributed by atoms with Gasteiger partial charge in [-0.15, -0.1) is 13.2 Å². The third-order valence-corrected chi connectivity index (χ3v) is 6.49. The molecule has 136 valence electrons. The summed E-state index contributed by atoms with van der Waals surface area (Å²) >= 11 is 0. The Bertz CT molecular complexity index is 540. The van der Waals surface area contributed by atoms with Gasteiger partial charge in [-0.05, 0) is 12.8 Å². The summed E-state index contributed by atoms with van der Waals surface area (Å²) in [5.74, 6) is 0.0191. The molecule has 2 aliphatic heterocycles. The number of hydrogen-bond donors (Lipinski definition) is 0. The van der Waals surface area contributed by atoms with Crippen molar-refractivity contribution in [1.82, 2.24) is 18.4 Å². The van der Waals surface area contributed by atoms with Crippen LogP contribution in [0.3, 0.4) is 0 Å². The molecule has 0 aromatic heterocycles. The topological polar surface area (TPSA) is 64.2 Å². The standard InChI is InChI=1S/C16H28N4O3S/c1-3-7-18(8-4-2)16(21)15-17-11-13-20(14-12-17)24(22,23)19-9-5-6-10-19/h3-4H,1-2,5-15H2. The van der Waals surface area contributed by atoms with Crippen molar-refractivity contribution in [3.05, 3.63) is 25.3 Å². The second-order valence-corrected chi connectivity index (χ2v) is 8.09. The highest BCUT2D eigenvalue weighted by Gasteiger charge is 2.34. The second kappa shape index (κ2) is 8.75. The molecule has 0 saturated carbocycles. The van der Waals surface area contributed by atoms with Crippen LogP contribution in [0.1, 0.15) is 12.8 Å². The number of nitrogens with zero attached hydrogens (tertiary/aromatic N) is 4. The molecule has 0 atom stereocenters. The van der Waals surface area contributed by atoms with E-state index in [0.717, 1.165) is 12.8 Å². The van der Waals surface area contributed by atoms with Gasteiger partial charge < -0.3 is 4.90 Å². The molecule has 0 bridgehead atoms. The lowest BCUT2D eigenvalue weighted by Crippen LogP contribution is -2.54. The Hall–Kier alpha value is -1.22. The summed E-state index contributed by atoms with van der Waals surface area (Å²) < 4.78 is 28.2. The first kappa shape index (κ1) is 19.1. The van der Waals surface area contributed by atoms with Gasteiger partial charge in [0.15, 0.2) is 0 Å². The predicted octanol–water partition coefficient (Wildman–Crippen LogP) is 0.145. The van der Waals surface area contributed by atoms with E-state index in [2.05, 4.69) is 13.2 Å². The van der Waals surface area contributed by atoms with Gasteiger partial charge in [0.05, 0.1) is 6.54 Å². The van der Waals surface area contributed by atoms with E-state index in [1.165, 1.54) is 0 Å². The van der Waals surface area contributed by atoms with Crippen LogP contribution >= 0.6 is 0 Å². The van der Waals surface area contributed by atoms with Crippen molar-refractivity contribution in [3.8, 4) is 0 Å². The van der Waals surface area contributed by atoms with Crippen LogP contribution in [0.4, 0.5) is 0 Å². The van der Waals surface area contributed by atoms with E-state index in [9.17, 15) is 13.2 Å². The lowest BCUT2D eigenvalue weighted by molar-refractivity contribution is -0.131. The largest absolute Gasteiger partial charge is 0.334 e. The maximum atomic E-state index is 12.5. The SMILES string of the molecule is C=CCN(CC=C)C(=O)CN1CCN(S(=O)(=O)N2CCCC2)CC1. The summed E-state index contributed by atoms with van der Waals surface area (Å²) in [6.07, 6.45) is 5.27. The van der Waals surface area contributed by atoms with Gasteiger partial charge in [0.2, 0.25) is 5.91 Å². The molecule has 2 saturated heterocycles. The number of carbonyl (C=O) groups excluding carboxylic acids is 1. The Labute approximate surface area is 145 Å². The molecule has 24 heavy (non-hydrogen) atoms. The average molecular weight is 356 g/mol. The number of rotatable bonds is 8. The summed E-state index contributed by atoms with van der Waals surface area (Å²) in [5, 5.41) is 0. The van der Waals surface area contributed by atoms with Crippen LogP contribution in [0.5, 0.6) is 0 Å². The van der Waals surface area contributed by atoms with Crippen LogP contribution in [-0.4, -0.2) is 91.6 Å².